The van der Waals surface area contributed by atoms with Crippen LogP contribution in [-0.2, 0) is 34.9 Å². The molecule has 1 saturated heterocycles. The molecule has 264 valence electrons. The molecule has 14 heteroatoms. The molecule has 7 nitrogen and oxygen atoms in total. The first-order chi connectivity index (χ1) is 23.1. The van der Waals surface area contributed by atoms with Gasteiger partial charge in [0.15, 0.2) is 0 Å². The van der Waals surface area contributed by atoms with Crippen molar-refractivity contribution >= 4 is 33.8 Å². The minimum absolute atomic E-state index is 0.0470. The smallest absolute Gasteiger partial charge is 0.416 e. The summed E-state index contributed by atoms with van der Waals surface area (Å²) < 4.78 is 83.4. The fourth-order valence-corrected chi connectivity index (χ4v) is 7.42. The van der Waals surface area contributed by atoms with E-state index in [-0.39, 0.29) is 48.0 Å². The molecule has 2 heterocycles. The zero-order valence-corrected chi connectivity index (χ0v) is 28.3. The summed E-state index contributed by atoms with van der Waals surface area (Å²) in [5, 5.41) is 9.48. The lowest BCUT2D eigenvalue weighted by molar-refractivity contribution is -0.149. The summed E-state index contributed by atoms with van der Waals surface area (Å²) in [5.41, 5.74) is -2.04. The zero-order valence-electron chi connectivity index (χ0n) is 26.7. The van der Waals surface area contributed by atoms with E-state index in [0.717, 1.165) is 17.7 Å². The molecule has 0 spiro atoms. The van der Waals surface area contributed by atoms with Crippen LogP contribution in [0.15, 0.2) is 65.4 Å². The Morgan fingerprint density at radius 2 is 1.41 bits per heavy atom. The predicted octanol–water partition coefficient (Wildman–Crippen LogP) is 8.56. The minimum atomic E-state index is -5.00. The summed E-state index contributed by atoms with van der Waals surface area (Å²) in [7, 11) is 0. The Hall–Kier alpha value is -3.68. The van der Waals surface area contributed by atoms with Gasteiger partial charge >= 0.3 is 18.3 Å². The van der Waals surface area contributed by atoms with Crippen molar-refractivity contribution in [3.8, 4) is 0 Å². The highest BCUT2D eigenvalue weighted by Crippen LogP contribution is 2.40. The molecule has 1 aliphatic heterocycles. The Kier molecular flexibility index (Phi) is 11.2. The van der Waals surface area contributed by atoms with E-state index in [9.17, 15) is 41.0 Å². The quantitative estimate of drug-likeness (QED) is 0.221. The van der Waals surface area contributed by atoms with Crippen molar-refractivity contribution in [2.45, 2.75) is 95.3 Å². The number of carboxylic acids is 1. The number of hydrogen-bond donors (Lipinski definition) is 1. The Morgan fingerprint density at radius 1 is 0.857 bits per heavy atom. The number of carbonyl (C=O) groups is 2. The van der Waals surface area contributed by atoms with E-state index in [4.69, 9.17) is 0 Å². The van der Waals surface area contributed by atoms with Gasteiger partial charge in [0.1, 0.15) is 0 Å². The molecule has 1 amide bonds. The Balaban J connectivity index is 1.52. The Labute approximate surface area is 288 Å². The lowest BCUT2D eigenvalue weighted by Gasteiger charge is -2.49. The van der Waals surface area contributed by atoms with Gasteiger partial charge in [-0.05, 0) is 96.6 Å². The number of anilines is 1. The number of hydrogen-bond acceptors (Lipinski definition) is 5. The van der Waals surface area contributed by atoms with E-state index in [1.54, 1.807) is 4.90 Å². The average Bonchev–Trinajstić information content (AvgIpc) is 3.06. The van der Waals surface area contributed by atoms with Crippen molar-refractivity contribution in [2.24, 2.45) is 11.8 Å². The molecule has 2 fully saturated rings. The van der Waals surface area contributed by atoms with Gasteiger partial charge in [-0.15, -0.1) is 0 Å². The normalized spacial score (nSPS) is 23.3. The lowest BCUT2D eigenvalue weighted by Crippen LogP contribution is -2.59. The van der Waals surface area contributed by atoms with Crippen molar-refractivity contribution < 1.29 is 41.0 Å². The van der Waals surface area contributed by atoms with Crippen LogP contribution in [0.3, 0.4) is 0 Å². The first-order valence-electron chi connectivity index (χ1n) is 16.3. The number of carbonyl (C=O) groups excluding carboxylic acids is 1. The van der Waals surface area contributed by atoms with Gasteiger partial charge in [-0.3, -0.25) is 9.59 Å². The van der Waals surface area contributed by atoms with Crippen molar-refractivity contribution in [3.63, 3.8) is 0 Å². The summed E-state index contributed by atoms with van der Waals surface area (Å²) in [6.45, 7) is 1.61. The van der Waals surface area contributed by atoms with Crippen LogP contribution in [0.4, 0.5) is 32.3 Å². The monoisotopic (exact) mass is 754 g/mol. The number of halogens is 7. The van der Waals surface area contributed by atoms with Crippen LogP contribution in [0.25, 0.3) is 0 Å². The van der Waals surface area contributed by atoms with Crippen LogP contribution in [0, 0.1) is 11.8 Å². The topological polar surface area (TPSA) is 86.6 Å². The number of amides is 1. The Morgan fingerprint density at radius 3 is 1.94 bits per heavy atom. The summed E-state index contributed by atoms with van der Waals surface area (Å²) in [6.07, 6.45) is -3.58. The second kappa shape index (κ2) is 15.1. The lowest BCUT2D eigenvalue weighted by atomic mass is 9.79. The highest BCUT2D eigenvalue weighted by atomic mass is 79.9. The molecule has 49 heavy (non-hydrogen) atoms. The van der Waals surface area contributed by atoms with Crippen molar-refractivity contribution in [1.82, 2.24) is 14.9 Å². The summed E-state index contributed by atoms with van der Waals surface area (Å²) in [5.74, 6) is -1.59. The van der Waals surface area contributed by atoms with Crippen LogP contribution >= 0.6 is 15.9 Å². The fraction of sp³-hybridized carbons (Fsp3) is 0.486. The average molecular weight is 756 g/mol. The minimum Gasteiger partial charge on any atom is -0.481 e. The molecule has 2 aromatic carbocycles. The molecule has 1 aliphatic carbocycles. The maximum Gasteiger partial charge on any atom is 0.416 e. The molecule has 0 radical (unpaired) electrons. The molecular weight excluding hydrogens is 718 g/mol. The molecule has 3 aromatic rings. The molecule has 3 unspecified atom stereocenters. The predicted molar refractivity (Wildman–Crippen MR) is 173 cm³/mol. The second-order valence-corrected chi connectivity index (χ2v) is 13.8. The highest BCUT2D eigenvalue weighted by Gasteiger charge is 2.44. The summed E-state index contributed by atoms with van der Waals surface area (Å²) in [4.78, 5) is 38.2. The Bertz CT molecular complexity index is 1570. The van der Waals surface area contributed by atoms with E-state index in [1.807, 2.05) is 42.2 Å². The third-order valence-electron chi connectivity index (χ3n) is 9.65. The third-order valence-corrected chi connectivity index (χ3v) is 10.1. The van der Waals surface area contributed by atoms with Crippen LogP contribution in [0.1, 0.15) is 74.1 Å². The maximum absolute atomic E-state index is 14.3. The molecular formula is C35H37BrF6N4O3. The van der Waals surface area contributed by atoms with Crippen LogP contribution in [0.5, 0.6) is 0 Å². The van der Waals surface area contributed by atoms with Gasteiger partial charge in [-0.2, -0.15) is 26.3 Å². The number of aliphatic carboxylic acids is 1. The van der Waals surface area contributed by atoms with Gasteiger partial charge in [-0.25, -0.2) is 9.97 Å². The number of benzene rings is 2. The first-order valence-corrected chi connectivity index (χ1v) is 17.0. The molecule has 1 N–H and O–H groups in total. The molecule has 2 aliphatic rings. The number of nitrogens with zero attached hydrogens (tertiary/aromatic N) is 4. The second-order valence-electron chi connectivity index (χ2n) is 12.9. The van der Waals surface area contributed by atoms with Crippen molar-refractivity contribution in [1.29, 1.82) is 0 Å². The van der Waals surface area contributed by atoms with Gasteiger partial charge in [0, 0.05) is 43.0 Å². The number of piperidine rings is 1. The summed E-state index contributed by atoms with van der Waals surface area (Å²) >= 11 is 3.29. The number of aromatic nitrogens is 2. The van der Waals surface area contributed by atoms with Crippen LogP contribution < -0.4 is 4.90 Å². The standard InChI is InChI=1S/C35H37BrF6N4O3/c1-2-28-16-29(17-30(14-21-6-4-3-5-7-21)46(28)31(47)23-8-10-24(11-9-23)32(48)49)45(33-43-18-27(36)19-44-33)20-22-12-25(34(37,38)39)15-26(13-22)35(40,41)42/h3-7,12-13,15,18-19,23-24,28-30H,2,8-11,14,16-17,20H2,1H3,(H,48,49)/t23-,24-,28?,29?,30?. The van der Waals surface area contributed by atoms with E-state index >= 15 is 0 Å². The molecule has 5 rings (SSSR count). The SMILES string of the molecule is CCC1CC(N(Cc2cc(C(F)(F)F)cc(C(F)(F)F)c2)c2ncc(Br)cn2)CC(Cc2ccccc2)N1C(=O)[C@H]1CC[C@H](C(=O)O)CC1. The van der Waals surface area contributed by atoms with Crippen LogP contribution in [-0.4, -0.2) is 50.0 Å². The van der Waals surface area contributed by atoms with Crippen LogP contribution in [0.2, 0.25) is 0 Å². The van der Waals surface area contributed by atoms with E-state index < -0.39 is 41.4 Å². The molecule has 0 bridgehead atoms. The number of rotatable bonds is 9. The van der Waals surface area contributed by atoms with Gasteiger partial charge in [0.2, 0.25) is 11.9 Å². The number of likely N-dealkylation sites (tertiary alicyclic amines) is 1. The number of carboxylic acid groups (broad SMARTS) is 1. The van der Waals surface area contributed by atoms with E-state index in [1.165, 1.54) is 12.4 Å². The first kappa shape index (κ1) is 36.6. The van der Waals surface area contributed by atoms with Gasteiger partial charge in [0.25, 0.3) is 0 Å². The van der Waals surface area contributed by atoms with Gasteiger partial charge in [0.05, 0.1) is 21.5 Å². The summed E-state index contributed by atoms with van der Waals surface area (Å²) in [6, 6.07) is 10.0. The van der Waals surface area contributed by atoms with Crippen molar-refractivity contribution in [3.05, 3.63) is 87.7 Å². The zero-order chi connectivity index (χ0) is 35.5. The highest BCUT2D eigenvalue weighted by molar-refractivity contribution is 9.10. The molecule has 3 atom stereocenters. The largest absolute Gasteiger partial charge is 0.481 e. The maximum atomic E-state index is 14.3. The van der Waals surface area contributed by atoms with E-state index in [2.05, 4.69) is 25.9 Å². The number of alkyl halides is 6. The van der Waals surface area contributed by atoms with Gasteiger partial charge in [-0.1, -0.05) is 37.3 Å². The van der Waals surface area contributed by atoms with Gasteiger partial charge < -0.3 is 14.9 Å². The van der Waals surface area contributed by atoms with Crippen molar-refractivity contribution in [2.75, 3.05) is 4.90 Å². The van der Waals surface area contributed by atoms with E-state index in [0.29, 0.717) is 55.8 Å². The third kappa shape index (κ3) is 8.92. The molecule has 1 saturated carbocycles. The fourth-order valence-electron chi connectivity index (χ4n) is 7.22. The molecule has 1 aromatic heterocycles.